The molecule has 0 aliphatic rings. The van der Waals surface area contributed by atoms with Crippen LogP contribution in [0.3, 0.4) is 0 Å². The summed E-state index contributed by atoms with van der Waals surface area (Å²) in [4.78, 5) is 0. The predicted molar refractivity (Wildman–Crippen MR) is 53.3 cm³/mol. The molecule has 0 unspecified atom stereocenters. The zero-order chi connectivity index (χ0) is 9.54. The van der Waals surface area contributed by atoms with Crippen LogP contribution in [-0.2, 0) is 0 Å². The van der Waals surface area contributed by atoms with Crippen LogP contribution in [-0.4, -0.2) is 20.0 Å². The molecule has 0 amide bonds. The van der Waals surface area contributed by atoms with Gasteiger partial charge in [0.05, 0.1) is 0 Å². The van der Waals surface area contributed by atoms with Gasteiger partial charge >= 0.3 is 0 Å². The Morgan fingerprint density at radius 3 is 3.00 bits per heavy atom. The molecule has 0 radical (unpaired) electrons. The van der Waals surface area contributed by atoms with E-state index >= 15 is 0 Å². The molecule has 0 aliphatic carbocycles. The monoisotopic (exact) mass is 204 g/mol. The Bertz CT molecular complexity index is 616. The smallest absolute Gasteiger partial charge is 0.181 e. The van der Waals surface area contributed by atoms with Gasteiger partial charge in [0.25, 0.3) is 0 Å². The molecule has 3 rings (SSSR count). The molecule has 3 aromatic rings. The molecule has 0 saturated carbocycles. The molecule has 0 aliphatic heterocycles. The number of hydrogen-bond donors (Lipinski definition) is 0. The lowest BCUT2D eigenvalue weighted by Gasteiger charge is -1.99. The minimum Gasteiger partial charge on any atom is -0.181 e. The van der Waals surface area contributed by atoms with E-state index in [1.54, 1.807) is 0 Å². The summed E-state index contributed by atoms with van der Waals surface area (Å²) in [5.74, 6) is 0. The van der Waals surface area contributed by atoms with Crippen molar-refractivity contribution in [2.24, 2.45) is 0 Å². The number of aromatic nitrogens is 4. The first-order valence-corrected chi connectivity index (χ1v) is 4.49. The van der Waals surface area contributed by atoms with E-state index in [-0.39, 0.29) is 0 Å². The number of rotatable bonds is 0. The van der Waals surface area contributed by atoms with Gasteiger partial charge < -0.3 is 0 Å². The van der Waals surface area contributed by atoms with Gasteiger partial charge in [-0.1, -0.05) is 35.9 Å². The Morgan fingerprint density at radius 1 is 1.21 bits per heavy atom. The first-order valence-electron chi connectivity index (χ1n) is 4.11. The van der Waals surface area contributed by atoms with Crippen molar-refractivity contribution in [1.82, 2.24) is 20.0 Å². The number of nitrogens with zero attached hydrogens (tertiary/aromatic N) is 4. The zero-order valence-corrected chi connectivity index (χ0v) is 7.81. The van der Waals surface area contributed by atoms with Crippen LogP contribution in [0.1, 0.15) is 0 Å². The maximum atomic E-state index is 6.00. The lowest BCUT2D eigenvalue weighted by molar-refractivity contribution is 0.825. The van der Waals surface area contributed by atoms with Crippen molar-refractivity contribution in [3.8, 4) is 0 Å². The molecular formula is C9H5ClN4. The topological polar surface area (TPSA) is 43.1 Å². The average Bonchev–Trinajstić information content (AvgIpc) is 2.67. The van der Waals surface area contributed by atoms with Crippen molar-refractivity contribution >= 4 is 28.0 Å². The van der Waals surface area contributed by atoms with Crippen LogP contribution in [0.5, 0.6) is 0 Å². The van der Waals surface area contributed by atoms with Crippen LogP contribution in [0.4, 0.5) is 0 Å². The molecule has 5 heteroatoms. The summed E-state index contributed by atoms with van der Waals surface area (Å²) >= 11 is 6.00. The van der Waals surface area contributed by atoms with Gasteiger partial charge in [0, 0.05) is 5.39 Å². The molecule has 2 aromatic heterocycles. The Labute approximate surface area is 84.1 Å². The van der Waals surface area contributed by atoms with Crippen molar-refractivity contribution in [3.63, 3.8) is 0 Å². The number of pyridine rings is 1. The van der Waals surface area contributed by atoms with Crippen molar-refractivity contribution < 1.29 is 0 Å². The lowest BCUT2D eigenvalue weighted by Crippen LogP contribution is -1.90. The summed E-state index contributed by atoms with van der Waals surface area (Å²) in [5, 5.41) is 13.9. The molecular weight excluding hydrogens is 200 g/mol. The fourth-order valence-electron chi connectivity index (χ4n) is 1.51. The first-order chi connectivity index (χ1) is 6.86. The first kappa shape index (κ1) is 7.70. The summed E-state index contributed by atoms with van der Waals surface area (Å²) in [7, 11) is 0. The summed E-state index contributed by atoms with van der Waals surface area (Å²) in [6, 6.07) is 9.71. The third-order valence-corrected chi connectivity index (χ3v) is 2.42. The highest BCUT2D eigenvalue weighted by molar-refractivity contribution is 6.30. The normalized spacial score (nSPS) is 11.2. The SMILES string of the molecule is Clc1cc2ccccc2c2nnnn12. The third-order valence-electron chi connectivity index (χ3n) is 2.15. The van der Waals surface area contributed by atoms with Gasteiger partial charge in [-0.15, -0.1) is 5.10 Å². The van der Waals surface area contributed by atoms with Gasteiger partial charge in [0.15, 0.2) is 5.65 Å². The Morgan fingerprint density at radius 2 is 2.07 bits per heavy atom. The fraction of sp³-hybridized carbons (Fsp3) is 0. The third kappa shape index (κ3) is 0.914. The summed E-state index contributed by atoms with van der Waals surface area (Å²) in [6.07, 6.45) is 0. The maximum Gasteiger partial charge on any atom is 0.188 e. The molecule has 0 spiro atoms. The second kappa shape index (κ2) is 2.65. The fourth-order valence-corrected chi connectivity index (χ4v) is 1.75. The van der Waals surface area contributed by atoms with Gasteiger partial charge in [-0.3, -0.25) is 0 Å². The molecule has 14 heavy (non-hydrogen) atoms. The summed E-state index contributed by atoms with van der Waals surface area (Å²) in [5.41, 5.74) is 0.688. The second-order valence-electron chi connectivity index (χ2n) is 2.97. The second-order valence-corrected chi connectivity index (χ2v) is 3.36. The summed E-state index contributed by atoms with van der Waals surface area (Å²) in [6.45, 7) is 0. The average molecular weight is 205 g/mol. The molecule has 68 valence electrons. The van der Waals surface area contributed by atoms with Crippen LogP contribution in [0, 0.1) is 0 Å². The standard InChI is InChI=1S/C9H5ClN4/c10-8-5-6-3-1-2-4-7(6)9-11-12-13-14(8)9/h1-5H. The maximum absolute atomic E-state index is 6.00. The largest absolute Gasteiger partial charge is 0.188 e. The number of tetrazole rings is 1. The number of halogens is 1. The number of hydrogen-bond acceptors (Lipinski definition) is 3. The van der Waals surface area contributed by atoms with Crippen LogP contribution in [0.2, 0.25) is 5.15 Å². The van der Waals surface area contributed by atoms with E-state index in [0.717, 1.165) is 10.8 Å². The van der Waals surface area contributed by atoms with Crippen LogP contribution < -0.4 is 0 Å². The highest BCUT2D eigenvalue weighted by atomic mass is 35.5. The molecule has 0 bridgehead atoms. The highest BCUT2D eigenvalue weighted by Crippen LogP contribution is 2.21. The molecule has 0 N–H and O–H groups in total. The van der Waals surface area contributed by atoms with Crippen LogP contribution in [0.25, 0.3) is 16.4 Å². The molecule has 1 aromatic carbocycles. The molecule has 0 atom stereocenters. The predicted octanol–water partition coefficient (Wildman–Crippen LogP) is 1.93. The minimum atomic E-state index is 0.517. The Kier molecular flexibility index (Phi) is 1.46. The van der Waals surface area contributed by atoms with Crippen LogP contribution in [0.15, 0.2) is 30.3 Å². The van der Waals surface area contributed by atoms with Gasteiger partial charge in [-0.05, 0) is 21.9 Å². The summed E-state index contributed by atoms with van der Waals surface area (Å²) < 4.78 is 1.52. The highest BCUT2D eigenvalue weighted by Gasteiger charge is 2.06. The van der Waals surface area contributed by atoms with E-state index < -0.39 is 0 Å². The van der Waals surface area contributed by atoms with Gasteiger partial charge in [-0.25, -0.2) is 0 Å². The number of benzene rings is 1. The Hall–Kier alpha value is -1.68. The number of fused-ring (bicyclic) bond motifs is 3. The van der Waals surface area contributed by atoms with Gasteiger partial charge in [0.1, 0.15) is 5.15 Å². The van der Waals surface area contributed by atoms with Gasteiger partial charge in [0.2, 0.25) is 0 Å². The van der Waals surface area contributed by atoms with Crippen molar-refractivity contribution in [2.75, 3.05) is 0 Å². The molecule has 2 heterocycles. The van der Waals surface area contributed by atoms with Gasteiger partial charge in [-0.2, -0.15) is 4.52 Å². The zero-order valence-electron chi connectivity index (χ0n) is 7.05. The minimum absolute atomic E-state index is 0.517. The van der Waals surface area contributed by atoms with Crippen molar-refractivity contribution in [3.05, 3.63) is 35.5 Å². The molecule has 4 nitrogen and oxygen atoms in total. The van der Waals surface area contributed by atoms with Crippen molar-refractivity contribution in [1.29, 1.82) is 0 Å². The molecule has 0 fully saturated rings. The van der Waals surface area contributed by atoms with E-state index in [2.05, 4.69) is 15.5 Å². The van der Waals surface area contributed by atoms with Crippen LogP contribution >= 0.6 is 11.6 Å². The van der Waals surface area contributed by atoms with E-state index in [9.17, 15) is 0 Å². The van der Waals surface area contributed by atoms with E-state index in [4.69, 9.17) is 11.6 Å². The quantitative estimate of drug-likeness (QED) is 0.526. The lowest BCUT2D eigenvalue weighted by atomic mass is 10.2. The van der Waals surface area contributed by atoms with E-state index in [0.29, 0.717) is 10.8 Å². The molecule has 0 saturated heterocycles. The van der Waals surface area contributed by atoms with E-state index in [1.165, 1.54) is 4.52 Å². The Balaban J connectivity index is 2.66. The van der Waals surface area contributed by atoms with Crippen molar-refractivity contribution in [2.45, 2.75) is 0 Å². The van der Waals surface area contributed by atoms with E-state index in [1.807, 2.05) is 30.3 Å².